The molecule has 8 heteroatoms. The van der Waals surface area contributed by atoms with Crippen LogP contribution in [0.15, 0.2) is 56.9 Å². The third kappa shape index (κ3) is 3.17. The molecular weight excluding hydrogens is 308 g/mol. The van der Waals surface area contributed by atoms with Crippen LogP contribution < -0.4 is 0 Å². The summed E-state index contributed by atoms with van der Waals surface area (Å²) in [5.41, 5.74) is 0.908. The maximum Gasteiger partial charge on any atom is 0.282 e. The van der Waals surface area contributed by atoms with E-state index >= 15 is 0 Å². The van der Waals surface area contributed by atoms with E-state index in [1.165, 1.54) is 12.2 Å². The number of sulfonamides is 1. The highest BCUT2D eigenvalue weighted by molar-refractivity contribution is 7.90. The van der Waals surface area contributed by atoms with E-state index in [0.29, 0.717) is 11.1 Å². The minimum absolute atomic E-state index is 0.150. The van der Waals surface area contributed by atoms with E-state index in [1.54, 1.807) is 13.8 Å². The molecule has 22 heavy (non-hydrogen) atoms. The van der Waals surface area contributed by atoms with Gasteiger partial charge in [-0.3, -0.25) is 14.9 Å². The number of carbonyl (C=O) groups is 1. The Balaban J connectivity index is 2.45. The summed E-state index contributed by atoms with van der Waals surface area (Å²) in [6.07, 6.45) is 2.61. The average molecular weight is 320 g/mol. The molecule has 0 saturated carbocycles. The topological polar surface area (TPSA) is 107 Å². The fourth-order valence-corrected chi connectivity index (χ4v) is 3.09. The minimum atomic E-state index is -4.01. The van der Waals surface area contributed by atoms with Gasteiger partial charge >= 0.3 is 0 Å². The number of carbonyl (C=O) groups excluding carboxylic acids is 1. The van der Waals surface area contributed by atoms with Gasteiger partial charge in [0.1, 0.15) is 0 Å². The van der Waals surface area contributed by atoms with Crippen molar-refractivity contribution in [3.8, 4) is 0 Å². The molecule has 1 aliphatic rings. The quantitative estimate of drug-likeness (QED) is 0.482. The van der Waals surface area contributed by atoms with Gasteiger partial charge in [0.15, 0.2) is 5.78 Å². The van der Waals surface area contributed by atoms with Crippen molar-refractivity contribution >= 4 is 27.2 Å². The smallest absolute Gasteiger partial charge is 0.282 e. The first-order valence-electron chi connectivity index (χ1n) is 6.21. The van der Waals surface area contributed by atoms with Gasteiger partial charge in [0.05, 0.1) is 15.5 Å². The molecule has 0 saturated heterocycles. The van der Waals surface area contributed by atoms with Crippen LogP contribution in [0.5, 0.6) is 0 Å². The summed E-state index contributed by atoms with van der Waals surface area (Å²) in [7, 11) is -4.01. The summed E-state index contributed by atoms with van der Waals surface area (Å²) in [4.78, 5) is 21.2. The molecule has 1 aromatic rings. The molecule has 0 fully saturated rings. The zero-order valence-electron chi connectivity index (χ0n) is 11.8. The Morgan fingerprint density at radius 1 is 1.05 bits per heavy atom. The second kappa shape index (κ2) is 5.64. The number of rotatable bonds is 3. The Morgan fingerprint density at radius 2 is 1.55 bits per heavy atom. The van der Waals surface area contributed by atoms with Gasteiger partial charge in [0.2, 0.25) is 0 Å². The summed E-state index contributed by atoms with van der Waals surface area (Å²) in [6.45, 7) is 3.19. The first kappa shape index (κ1) is 15.8. The number of non-ortho nitro benzene ring substituents is 1. The zero-order chi connectivity index (χ0) is 16.5. The molecule has 0 aliphatic heterocycles. The molecule has 0 N–H and O–H groups in total. The summed E-state index contributed by atoms with van der Waals surface area (Å²) < 4.78 is 28.3. The summed E-state index contributed by atoms with van der Waals surface area (Å²) in [6, 6.07) is 4.46. The molecule has 0 bridgehead atoms. The predicted octanol–water partition coefficient (Wildman–Crippen LogP) is 2.20. The number of nitro groups is 1. The third-order valence-electron chi connectivity index (χ3n) is 3.02. The number of hydrogen-bond acceptors (Lipinski definition) is 5. The number of nitrogens with zero attached hydrogens (tertiary/aromatic N) is 2. The Morgan fingerprint density at radius 3 is 2.00 bits per heavy atom. The zero-order valence-corrected chi connectivity index (χ0v) is 12.6. The monoisotopic (exact) mass is 320 g/mol. The third-order valence-corrected chi connectivity index (χ3v) is 4.31. The van der Waals surface area contributed by atoms with Gasteiger partial charge in [-0.2, -0.15) is 12.8 Å². The van der Waals surface area contributed by atoms with E-state index < -0.39 is 14.9 Å². The van der Waals surface area contributed by atoms with Crippen LogP contribution in [0.25, 0.3) is 0 Å². The molecule has 7 nitrogen and oxygen atoms in total. The van der Waals surface area contributed by atoms with Crippen molar-refractivity contribution in [1.29, 1.82) is 0 Å². The normalized spacial score (nSPS) is 15.2. The van der Waals surface area contributed by atoms with E-state index in [0.717, 1.165) is 24.3 Å². The van der Waals surface area contributed by atoms with E-state index in [1.807, 2.05) is 0 Å². The van der Waals surface area contributed by atoms with Crippen molar-refractivity contribution in [2.75, 3.05) is 0 Å². The van der Waals surface area contributed by atoms with Gasteiger partial charge < -0.3 is 0 Å². The number of ketones is 1. The van der Waals surface area contributed by atoms with Crippen molar-refractivity contribution in [2.45, 2.75) is 18.7 Å². The molecule has 0 radical (unpaired) electrons. The average Bonchev–Trinajstić information content (AvgIpc) is 2.43. The van der Waals surface area contributed by atoms with Gasteiger partial charge in [0, 0.05) is 12.1 Å². The van der Waals surface area contributed by atoms with Crippen LogP contribution in [0.1, 0.15) is 13.8 Å². The van der Waals surface area contributed by atoms with Crippen LogP contribution in [0, 0.1) is 10.1 Å². The maximum atomic E-state index is 12.3. The highest BCUT2D eigenvalue weighted by atomic mass is 32.2. The van der Waals surface area contributed by atoms with Crippen molar-refractivity contribution in [3.05, 3.63) is 57.7 Å². The van der Waals surface area contributed by atoms with Crippen LogP contribution in [-0.4, -0.2) is 24.8 Å². The van der Waals surface area contributed by atoms with E-state index in [-0.39, 0.29) is 22.1 Å². The predicted molar refractivity (Wildman–Crippen MR) is 80.2 cm³/mol. The molecule has 0 atom stereocenters. The Bertz CT molecular complexity index is 822. The number of benzene rings is 1. The second-order valence-corrected chi connectivity index (χ2v) is 6.33. The van der Waals surface area contributed by atoms with Gasteiger partial charge in [-0.25, -0.2) is 0 Å². The number of hydrogen-bond donors (Lipinski definition) is 0. The van der Waals surface area contributed by atoms with Crippen LogP contribution in [0.4, 0.5) is 5.69 Å². The molecule has 0 unspecified atom stereocenters. The number of nitro benzene ring substituents is 1. The summed E-state index contributed by atoms with van der Waals surface area (Å²) in [5, 5.41) is 10.6. The Hall–Kier alpha value is -2.61. The molecule has 2 rings (SSSR count). The molecule has 1 aliphatic carbocycles. The van der Waals surface area contributed by atoms with Gasteiger partial charge in [0.25, 0.3) is 15.7 Å². The Kier molecular flexibility index (Phi) is 4.05. The first-order chi connectivity index (χ1) is 10.2. The molecule has 0 heterocycles. The van der Waals surface area contributed by atoms with Crippen molar-refractivity contribution in [1.82, 2.24) is 0 Å². The van der Waals surface area contributed by atoms with Crippen molar-refractivity contribution in [2.24, 2.45) is 4.40 Å². The number of allylic oxidation sites excluding steroid dienone is 4. The standard InChI is InChI=1S/C14H12N2O5S/c1-9-7-12(17)8-10(2)14(9)15-22(20,21)13-5-3-11(4-6-13)16(18)19/h3-8H,1-2H3. The van der Waals surface area contributed by atoms with Gasteiger partial charge in [-0.05, 0) is 49.3 Å². The van der Waals surface area contributed by atoms with Crippen LogP contribution in [-0.2, 0) is 14.8 Å². The lowest BCUT2D eigenvalue weighted by molar-refractivity contribution is -0.384. The van der Waals surface area contributed by atoms with E-state index in [4.69, 9.17) is 0 Å². The highest BCUT2D eigenvalue weighted by Crippen LogP contribution is 2.21. The highest BCUT2D eigenvalue weighted by Gasteiger charge is 2.20. The molecule has 0 aromatic heterocycles. The second-order valence-electron chi connectivity index (χ2n) is 4.72. The van der Waals surface area contributed by atoms with Crippen LogP contribution in [0.2, 0.25) is 0 Å². The van der Waals surface area contributed by atoms with E-state index in [2.05, 4.69) is 4.40 Å². The maximum absolute atomic E-state index is 12.3. The lowest BCUT2D eigenvalue weighted by atomic mass is 9.98. The lowest BCUT2D eigenvalue weighted by Gasteiger charge is -2.11. The summed E-state index contributed by atoms with van der Waals surface area (Å²) >= 11 is 0. The van der Waals surface area contributed by atoms with Crippen LogP contribution >= 0.6 is 0 Å². The largest absolute Gasteiger partial charge is 0.290 e. The molecule has 0 amide bonds. The molecule has 1 aromatic carbocycles. The minimum Gasteiger partial charge on any atom is -0.290 e. The lowest BCUT2D eigenvalue weighted by Crippen LogP contribution is -2.13. The first-order valence-corrected chi connectivity index (χ1v) is 7.65. The molecule has 0 spiro atoms. The molecular formula is C14H12N2O5S. The van der Waals surface area contributed by atoms with Crippen molar-refractivity contribution < 1.29 is 18.1 Å². The van der Waals surface area contributed by atoms with Gasteiger partial charge in [-0.1, -0.05) is 0 Å². The summed E-state index contributed by atoms with van der Waals surface area (Å²) in [5.74, 6) is -0.221. The van der Waals surface area contributed by atoms with E-state index in [9.17, 15) is 23.3 Å². The fraction of sp³-hybridized carbons (Fsp3) is 0.143. The molecule has 114 valence electrons. The van der Waals surface area contributed by atoms with Crippen molar-refractivity contribution in [3.63, 3.8) is 0 Å². The fourth-order valence-electron chi connectivity index (χ4n) is 1.97. The van der Waals surface area contributed by atoms with Gasteiger partial charge in [-0.15, -0.1) is 0 Å². The van der Waals surface area contributed by atoms with Crippen LogP contribution in [0.3, 0.4) is 0 Å². The Labute approximate surface area is 126 Å². The SMILES string of the molecule is CC1=CC(=O)C=C(C)C1=NS(=O)(=O)c1ccc([N+](=O)[O-])cc1.